The van der Waals surface area contributed by atoms with Crippen molar-refractivity contribution in [3.63, 3.8) is 0 Å². The van der Waals surface area contributed by atoms with Crippen molar-refractivity contribution in [3.05, 3.63) is 84.8 Å². The first-order valence-corrected chi connectivity index (χ1v) is 10.2. The van der Waals surface area contributed by atoms with Gasteiger partial charge in [0, 0.05) is 11.1 Å². The zero-order valence-corrected chi connectivity index (χ0v) is 16.7. The van der Waals surface area contributed by atoms with Gasteiger partial charge < -0.3 is 14.2 Å². The van der Waals surface area contributed by atoms with E-state index in [1.54, 1.807) is 12.3 Å². The van der Waals surface area contributed by atoms with Crippen LogP contribution in [0.3, 0.4) is 0 Å². The van der Waals surface area contributed by atoms with Crippen molar-refractivity contribution in [3.8, 4) is 22.6 Å². The molecule has 2 aromatic heterocycles. The van der Waals surface area contributed by atoms with Crippen molar-refractivity contribution < 1.29 is 13.6 Å². The lowest BCUT2D eigenvalue weighted by Gasteiger charge is -2.08. The second-order valence-corrected chi connectivity index (χ2v) is 7.74. The Morgan fingerprint density at radius 3 is 2.34 bits per heavy atom. The lowest BCUT2D eigenvalue weighted by atomic mass is 10.1. The van der Waals surface area contributed by atoms with E-state index >= 15 is 0 Å². The number of nitrogens with zero attached hydrogens (tertiary/aromatic N) is 1. The molecule has 1 N–H and O–H groups in total. The Morgan fingerprint density at radius 1 is 1.00 bits per heavy atom. The van der Waals surface area contributed by atoms with Crippen molar-refractivity contribution in [2.75, 3.05) is 0 Å². The maximum Gasteiger partial charge on any atom is 0.257 e. The Bertz CT molecular complexity index is 1000. The second-order valence-electron chi connectivity index (χ2n) is 6.45. The quantitative estimate of drug-likeness (QED) is 0.418. The number of aromatic nitrogens is 1. The maximum atomic E-state index is 12.4. The van der Waals surface area contributed by atoms with Crippen molar-refractivity contribution in [1.29, 1.82) is 0 Å². The maximum absolute atomic E-state index is 12.4. The van der Waals surface area contributed by atoms with E-state index < -0.39 is 0 Å². The molecule has 4 aromatic rings. The summed E-state index contributed by atoms with van der Waals surface area (Å²) in [6, 6.07) is 23.4. The van der Waals surface area contributed by atoms with Gasteiger partial charge in [-0.2, -0.15) is 0 Å². The minimum atomic E-state index is -0.365. The summed E-state index contributed by atoms with van der Waals surface area (Å²) < 4.78 is 11.3. The number of hydrogen-bond acceptors (Lipinski definition) is 5. The average Bonchev–Trinajstić information content (AvgIpc) is 3.43. The molecule has 0 aliphatic rings. The lowest BCUT2D eigenvalue weighted by Crippen LogP contribution is -2.30. The van der Waals surface area contributed by atoms with Gasteiger partial charge >= 0.3 is 0 Å². The first kappa shape index (κ1) is 19.1. The average molecular weight is 404 g/mol. The molecule has 0 aliphatic heterocycles. The number of amides is 1. The number of oxazole rings is 1. The van der Waals surface area contributed by atoms with Crippen LogP contribution in [-0.4, -0.2) is 16.1 Å². The summed E-state index contributed by atoms with van der Waals surface area (Å²) in [6.45, 7) is 2.18. The molecule has 0 spiro atoms. The van der Waals surface area contributed by atoms with Crippen molar-refractivity contribution in [1.82, 2.24) is 10.3 Å². The Balaban J connectivity index is 1.54. The number of nitrogens with one attached hydrogen (secondary N) is 1. The second kappa shape index (κ2) is 8.84. The summed E-state index contributed by atoms with van der Waals surface area (Å²) in [4.78, 5) is 17.1. The summed E-state index contributed by atoms with van der Waals surface area (Å²) in [5, 5.41) is 2.96. The van der Waals surface area contributed by atoms with Crippen LogP contribution in [0.4, 0.5) is 0 Å². The number of carbonyl (C=O) groups is 1. The molecule has 0 fully saturated rings. The molecular formula is C23H20N2O3S. The van der Waals surface area contributed by atoms with Gasteiger partial charge in [0.05, 0.1) is 18.1 Å². The predicted octanol–water partition coefficient (Wildman–Crippen LogP) is 5.40. The topological polar surface area (TPSA) is 68.3 Å². The molecule has 2 heterocycles. The third-order valence-corrected chi connectivity index (χ3v) is 5.30. The number of carbonyl (C=O) groups excluding carboxylic acids is 1. The van der Waals surface area contributed by atoms with Crippen LogP contribution in [0.2, 0.25) is 0 Å². The Kier molecular flexibility index (Phi) is 5.81. The summed E-state index contributed by atoms with van der Waals surface area (Å²) in [7, 11) is 0. The molecule has 0 saturated carbocycles. The molecule has 146 valence electrons. The van der Waals surface area contributed by atoms with E-state index in [2.05, 4.69) is 10.3 Å². The number of thioether (sulfide) groups is 1. The molecule has 0 saturated heterocycles. The molecule has 4 rings (SSSR count). The highest BCUT2D eigenvalue weighted by Crippen LogP contribution is 2.36. The molecular weight excluding hydrogens is 384 g/mol. The molecule has 0 aliphatic carbocycles. The van der Waals surface area contributed by atoms with Crippen LogP contribution in [0, 0.1) is 0 Å². The Labute approximate surface area is 173 Å². The van der Waals surface area contributed by atoms with Crippen molar-refractivity contribution in [2.45, 2.75) is 23.9 Å². The van der Waals surface area contributed by atoms with Gasteiger partial charge in [-0.15, -0.1) is 0 Å². The molecule has 5 nitrogen and oxygen atoms in total. The van der Waals surface area contributed by atoms with E-state index in [0.717, 1.165) is 16.8 Å². The van der Waals surface area contributed by atoms with Gasteiger partial charge in [-0.3, -0.25) is 4.79 Å². The zero-order valence-electron chi connectivity index (χ0n) is 15.9. The minimum absolute atomic E-state index is 0.105. The van der Waals surface area contributed by atoms with E-state index in [-0.39, 0.29) is 11.2 Å². The SMILES string of the molecule is C[C@@H](Sc1nc(-c2ccccc2)c(-c2ccccc2)o1)C(=O)NCc1ccco1. The largest absolute Gasteiger partial charge is 0.467 e. The molecule has 0 unspecified atom stereocenters. The lowest BCUT2D eigenvalue weighted by molar-refractivity contribution is -0.120. The Morgan fingerprint density at radius 2 is 1.69 bits per heavy atom. The van der Waals surface area contributed by atoms with Gasteiger partial charge in [-0.25, -0.2) is 4.98 Å². The number of benzene rings is 2. The van der Waals surface area contributed by atoms with Crippen LogP contribution in [0.1, 0.15) is 12.7 Å². The molecule has 29 heavy (non-hydrogen) atoms. The molecule has 0 bridgehead atoms. The van der Waals surface area contributed by atoms with Gasteiger partial charge in [0.2, 0.25) is 5.91 Å². The van der Waals surface area contributed by atoms with Gasteiger partial charge in [0.25, 0.3) is 5.22 Å². The highest BCUT2D eigenvalue weighted by atomic mass is 32.2. The van der Waals surface area contributed by atoms with E-state index in [1.165, 1.54) is 11.8 Å². The smallest absolute Gasteiger partial charge is 0.257 e. The van der Waals surface area contributed by atoms with Crippen LogP contribution in [0.5, 0.6) is 0 Å². The van der Waals surface area contributed by atoms with E-state index in [9.17, 15) is 4.79 Å². The van der Waals surface area contributed by atoms with Crippen LogP contribution in [-0.2, 0) is 11.3 Å². The van der Waals surface area contributed by atoms with Crippen molar-refractivity contribution >= 4 is 17.7 Å². The summed E-state index contributed by atoms with van der Waals surface area (Å²) >= 11 is 1.29. The van der Waals surface area contributed by atoms with E-state index in [1.807, 2.05) is 73.7 Å². The van der Waals surface area contributed by atoms with Crippen molar-refractivity contribution in [2.24, 2.45) is 0 Å². The molecule has 6 heteroatoms. The van der Waals surface area contributed by atoms with Crippen LogP contribution in [0.25, 0.3) is 22.6 Å². The number of furan rings is 1. The summed E-state index contributed by atoms with van der Waals surface area (Å²) in [5.41, 5.74) is 2.68. The monoisotopic (exact) mass is 404 g/mol. The molecule has 1 amide bonds. The zero-order chi connectivity index (χ0) is 20.1. The standard InChI is InChI=1S/C23H20N2O3S/c1-16(22(26)24-15-19-13-8-14-27-19)29-23-25-20(17-9-4-2-5-10-17)21(28-23)18-11-6-3-7-12-18/h2-14,16H,15H2,1H3,(H,24,26)/t16-/m1/s1. The van der Waals surface area contributed by atoms with Crippen LogP contribution in [0.15, 0.2) is 93.1 Å². The number of rotatable bonds is 7. The van der Waals surface area contributed by atoms with Gasteiger partial charge in [0.15, 0.2) is 5.76 Å². The van der Waals surface area contributed by atoms with E-state index in [4.69, 9.17) is 8.83 Å². The van der Waals surface area contributed by atoms with Gasteiger partial charge in [-0.1, -0.05) is 72.4 Å². The fourth-order valence-corrected chi connectivity index (χ4v) is 3.63. The predicted molar refractivity (Wildman–Crippen MR) is 113 cm³/mol. The minimum Gasteiger partial charge on any atom is -0.467 e. The fourth-order valence-electron chi connectivity index (χ4n) is 2.86. The Hall–Kier alpha value is -3.25. The first-order valence-electron chi connectivity index (χ1n) is 9.29. The van der Waals surface area contributed by atoms with Gasteiger partial charge in [0.1, 0.15) is 11.5 Å². The van der Waals surface area contributed by atoms with Gasteiger partial charge in [-0.05, 0) is 19.1 Å². The molecule has 2 aromatic carbocycles. The van der Waals surface area contributed by atoms with E-state index in [0.29, 0.717) is 23.3 Å². The highest BCUT2D eigenvalue weighted by molar-refractivity contribution is 8.00. The molecule has 1 atom stereocenters. The summed E-state index contributed by atoms with van der Waals surface area (Å²) in [5.74, 6) is 1.30. The highest BCUT2D eigenvalue weighted by Gasteiger charge is 2.21. The number of hydrogen-bond donors (Lipinski definition) is 1. The third-order valence-electron chi connectivity index (χ3n) is 4.35. The van der Waals surface area contributed by atoms with Crippen LogP contribution >= 0.6 is 11.8 Å². The van der Waals surface area contributed by atoms with Crippen LogP contribution < -0.4 is 5.32 Å². The fraction of sp³-hybridized carbons (Fsp3) is 0.130. The normalized spacial score (nSPS) is 11.9. The first-order chi connectivity index (χ1) is 14.2. The molecule has 0 radical (unpaired) electrons. The third kappa shape index (κ3) is 4.60. The summed E-state index contributed by atoms with van der Waals surface area (Å²) in [6.07, 6.45) is 1.59.